The van der Waals surface area contributed by atoms with Crippen LogP contribution in [0.5, 0.6) is 0 Å². The van der Waals surface area contributed by atoms with Gasteiger partial charge in [-0.15, -0.1) is 35.0 Å². The molecule has 2 aromatic carbocycles. The monoisotopic (exact) mass is 315 g/mol. The number of hydrogen-bond acceptors (Lipinski definition) is 0. The normalized spacial score (nSPS) is 15.4. The van der Waals surface area contributed by atoms with Gasteiger partial charge in [-0.25, -0.2) is 0 Å². The van der Waals surface area contributed by atoms with E-state index in [2.05, 4.69) is 38.1 Å². The SMILES string of the molecule is CCCC(C)c1c[cH-]c2cc3c(cc12)CCC3.[Zr]. The Balaban J connectivity index is 0.00000120. The van der Waals surface area contributed by atoms with Crippen molar-refractivity contribution in [1.82, 2.24) is 0 Å². The van der Waals surface area contributed by atoms with Crippen molar-refractivity contribution in [2.24, 2.45) is 0 Å². The number of benzene rings is 1. The van der Waals surface area contributed by atoms with Gasteiger partial charge in [0.2, 0.25) is 0 Å². The second-order valence-electron chi connectivity index (χ2n) is 5.54. The summed E-state index contributed by atoms with van der Waals surface area (Å²) in [6.45, 7) is 4.64. The van der Waals surface area contributed by atoms with E-state index in [-0.39, 0.29) is 26.2 Å². The average molecular weight is 317 g/mol. The van der Waals surface area contributed by atoms with Crippen LogP contribution in [0.1, 0.15) is 55.7 Å². The van der Waals surface area contributed by atoms with Gasteiger partial charge in [-0.05, 0) is 19.3 Å². The number of aryl methyl sites for hydroxylation is 2. The maximum Gasteiger partial charge on any atom is 0 e. The summed E-state index contributed by atoms with van der Waals surface area (Å²) in [5.74, 6) is 0.706. The van der Waals surface area contributed by atoms with Crippen molar-refractivity contribution in [2.45, 2.75) is 51.9 Å². The largest absolute Gasteiger partial charge is 0.151 e. The van der Waals surface area contributed by atoms with E-state index >= 15 is 0 Å². The Hall–Kier alpha value is -0.287. The summed E-state index contributed by atoms with van der Waals surface area (Å²) in [7, 11) is 0. The second kappa shape index (κ2) is 5.78. The van der Waals surface area contributed by atoms with E-state index in [1.807, 2.05) is 0 Å². The first-order valence-corrected chi connectivity index (χ1v) is 7.00. The summed E-state index contributed by atoms with van der Waals surface area (Å²) in [6.07, 6.45) is 6.51. The molecule has 2 aromatic rings. The van der Waals surface area contributed by atoms with Crippen LogP contribution in [0.3, 0.4) is 0 Å². The van der Waals surface area contributed by atoms with Crippen LogP contribution in [0.2, 0.25) is 0 Å². The Morgan fingerprint density at radius 1 is 1.22 bits per heavy atom. The molecule has 0 heterocycles. The molecule has 3 rings (SSSR count). The zero-order chi connectivity index (χ0) is 11.8. The van der Waals surface area contributed by atoms with E-state index in [4.69, 9.17) is 0 Å². The van der Waals surface area contributed by atoms with Crippen molar-refractivity contribution >= 4 is 10.8 Å². The van der Waals surface area contributed by atoms with Crippen LogP contribution in [-0.4, -0.2) is 0 Å². The van der Waals surface area contributed by atoms with Gasteiger partial charge in [0.15, 0.2) is 0 Å². The molecular weight excluding hydrogens is 295 g/mol. The average Bonchev–Trinajstić information content (AvgIpc) is 2.91. The standard InChI is InChI=1S/C17H21.Zr/c1-3-5-12(2)16-9-8-15-10-13-6-4-7-14(13)11-17(15)16;/h8-12H,3-7H2,1-2H3;/q-1;. The summed E-state index contributed by atoms with van der Waals surface area (Å²) in [4.78, 5) is 0. The molecule has 0 amide bonds. The molecule has 0 saturated heterocycles. The topological polar surface area (TPSA) is 0 Å². The molecule has 0 bridgehead atoms. The third-order valence-corrected chi connectivity index (χ3v) is 4.27. The Kier molecular flexibility index (Phi) is 4.54. The third-order valence-electron chi connectivity index (χ3n) is 4.27. The summed E-state index contributed by atoms with van der Waals surface area (Å²) in [5.41, 5.74) is 4.77. The van der Waals surface area contributed by atoms with Gasteiger partial charge in [-0.3, -0.25) is 0 Å². The number of hydrogen-bond donors (Lipinski definition) is 0. The molecular formula is C17H21Zr-. The van der Waals surface area contributed by atoms with Gasteiger partial charge in [-0.2, -0.15) is 5.56 Å². The molecule has 18 heavy (non-hydrogen) atoms. The second-order valence-corrected chi connectivity index (χ2v) is 5.54. The van der Waals surface area contributed by atoms with Crippen molar-refractivity contribution < 1.29 is 26.2 Å². The Morgan fingerprint density at radius 2 is 1.94 bits per heavy atom. The molecule has 0 radical (unpaired) electrons. The first kappa shape index (κ1) is 14.1. The number of fused-ring (bicyclic) bond motifs is 2. The minimum absolute atomic E-state index is 0. The molecule has 1 aliphatic rings. The van der Waals surface area contributed by atoms with Crippen molar-refractivity contribution in [3.8, 4) is 0 Å². The van der Waals surface area contributed by atoms with Crippen LogP contribution >= 0.6 is 0 Å². The molecule has 0 N–H and O–H groups in total. The van der Waals surface area contributed by atoms with Gasteiger partial charge in [0.1, 0.15) is 0 Å². The third kappa shape index (κ3) is 2.39. The maximum absolute atomic E-state index is 2.47. The molecule has 1 heteroatoms. The predicted octanol–water partition coefficient (Wildman–Crippen LogP) is 4.95. The van der Waals surface area contributed by atoms with Crippen molar-refractivity contribution in [3.63, 3.8) is 0 Å². The van der Waals surface area contributed by atoms with Crippen LogP contribution in [-0.2, 0) is 39.0 Å². The van der Waals surface area contributed by atoms with Gasteiger partial charge >= 0.3 is 0 Å². The molecule has 1 aliphatic carbocycles. The minimum atomic E-state index is 0. The summed E-state index contributed by atoms with van der Waals surface area (Å²) in [5, 5.41) is 2.98. The molecule has 0 saturated carbocycles. The van der Waals surface area contributed by atoms with Crippen LogP contribution in [0.15, 0.2) is 24.3 Å². The quantitative estimate of drug-likeness (QED) is 0.703. The Labute approximate surface area is 129 Å². The Morgan fingerprint density at radius 3 is 2.67 bits per heavy atom. The van der Waals surface area contributed by atoms with E-state index in [1.54, 1.807) is 16.7 Å². The number of rotatable bonds is 3. The van der Waals surface area contributed by atoms with Crippen LogP contribution < -0.4 is 0 Å². The van der Waals surface area contributed by atoms with E-state index in [9.17, 15) is 0 Å². The fraction of sp³-hybridized carbons (Fsp3) is 0.471. The summed E-state index contributed by atoms with van der Waals surface area (Å²) < 4.78 is 0. The fourth-order valence-corrected chi connectivity index (χ4v) is 3.32. The van der Waals surface area contributed by atoms with E-state index in [1.165, 1.54) is 42.9 Å². The zero-order valence-electron chi connectivity index (χ0n) is 11.4. The minimum Gasteiger partial charge on any atom is -0.151 e. The first-order valence-electron chi connectivity index (χ1n) is 7.00. The van der Waals surface area contributed by atoms with Gasteiger partial charge in [0.05, 0.1) is 0 Å². The van der Waals surface area contributed by atoms with E-state index < -0.39 is 0 Å². The summed E-state index contributed by atoms with van der Waals surface area (Å²) >= 11 is 0. The summed E-state index contributed by atoms with van der Waals surface area (Å²) in [6, 6.07) is 9.56. The van der Waals surface area contributed by atoms with Crippen LogP contribution in [0, 0.1) is 0 Å². The zero-order valence-corrected chi connectivity index (χ0v) is 13.9. The maximum atomic E-state index is 2.47. The predicted molar refractivity (Wildman–Crippen MR) is 74.9 cm³/mol. The molecule has 1 atom stereocenters. The van der Waals surface area contributed by atoms with Gasteiger partial charge < -0.3 is 0 Å². The van der Waals surface area contributed by atoms with Gasteiger partial charge in [0.25, 0.3) is 0 Å². The fourth-order valence-electron chi connectivity index (χ4n) is 3.32. The van der Waals surface area contributed by atoms with Gasteiger partial charge in [0, 0.05) is 26.2 Å². The molecule has 0 spiro atoms. The van der Waals surface area contributed by atoms with Crippen LogP contribution in [0.25, 0.3) is 10.8 Å². The van der Waals surface area contributed by atoms with E-state index in [0.29, 0.717) is 5.92 Å². The molecule has 0 aliphatic heterocycles. The first-order chi connectivity index (χ1) is 8.29. The molecule has 0 aromatic heterocycles. The molecule has 0 fully saturated rings. The van der Waals surface area contributed by atoms with E-state index in [0.717, 1.165) is 0 Å². The van der Waals surface area contributed by atoms with Crippen molar-refractivity contribution in [3.05, 3.63) is 41.0 Å². The molecule has 94 valence electrons. The van der Waals surface area contributed by atoms with Crippen molar-refractivity contribution in [2.75, 3.05) is 0 Å². The smallest absolute Gasteiger partial charge is 0 e. The molecule has 1 unspecified atom stereocenters. The molecule has 0 nitrogen and oxygen atoms in total. The Bertz CT molecular complexity index is 536. The van der Waals surface area contributed by atoms with Crippen molar-refractivity contribution in [1.29, 1.82) is 0 Å². The van der Waals surface area contributed by atoms with Crippen LogP contribution in [0.4, 0.5) is 0 Å². The van der Waals surface area contributed by atoms with Gasteiger partial charge in [-0.1, -0.05) is 43.7 Å².